The minimum absolute atomic E-state index is 0. The van der Waals surface area contributed by atoms with Crippen LogP contribution in [0.3, 0.4) is 0 Å². The van der Waals surface area contributed by atoms with E-state index >= 15 is 0 Å². The van der Waals surface area contributed by atoms with Crippen molar-refractivity contribution in [2.75, 3.05) is 23.3 Å². The van der Waals surface area contributed by atoms with Crippen molar-refractivity contribution in [3.8, 4) is 11.5 Å². The number of aliphatic hydroxyl groups is 1. The predicted octanol–water partition coefficient (Wildman–Crippen LogP) is 3.77. The summed E-state index contributed by atoms with van der Waals surface area (Å²) in [5, 5.41) is 18.4. The van der Waals surface area contributed by atoms with Crippen LogP contribution in [-0.4, -0.2) is 50.0 Å². The summed E-state index contributed by atoms with van der Waals surface area (Å²) < 4.78 is 7.43. The number of halogens is 1. The average molecular weight is 503 g/mol. The van der Waals surface area contributed by atoms with Gasteiger partial charge in [-0.25, -0.2) is 4.98 Å². The van der Waals surface area contributed by atoms with Crippen molar-refractivity contribution in [2.45, 2.75) is 32.9 Å². The van der Waals surface area contributed by atoms with E-state index in [1.54, 1.807) is 12.3 Å². The van der Waals surface area contributed by atoms with Crippen LogP contribution in [-0.2, 0) is 6.54 Å². The van der Waals surface area contributed by atoms with Gasteiger partial charge in [-0.3, -0.25) is 14.5 Å². The molecule has 5 rings (SSSR count). The number of carbonyl (C=O) groups is 1. The van der Waals surface area contributed by atoms with Crippen LogP contribution in [0.1, 0.15) is 29.5 Å². The van der Waals surface area contributed by atoms with Gasteiger partial charge in [0.25, 0.3) is 5.91 Å². The first-order valence-corrected chi connectivity index (χ1v) is 10.6. The number of aliphatic hydroxyl groups excluding tert-OH is 1. The molecule has 3 aromatic heterocycles. The van der Waals surface area contributed by atoms with Crippen molar-refractivity contribution in [1.82, 2.24) is 19.7 Å². The molecule has 1 atom stereocenters. The van der Waals surface area contributed by atoms with E-state index in [1.807, 2.05) is 42.9 Å². The number of fused-ring (bicyclic) bond motifs is 1. The Morgan fingerprint density at radius 2 is 2.15 bits per heavy atom. The Morgan fingerprint density at radius 1 is 1.32 bits per heavy atom. The third kappa shape index (κ3) is 4.89. The molecule has 0 aliphatic carbocycles. The summed E-state index contributed by atoms with van der Waals surface area (Å²) in [5.41, 5.74) is 4.22. The van der Waals surface area contributed by atoms with E-state index in [2.05, 4.69) is 25.3 Å². The smallest absolute Gasteiger partial charge is 0.277 e. The molecule has 1 aliphatic rings. The minimum Gasteiger partial charge on any atom is -0.444 e. The molecule has 4 aromatic rings. The van der Waals surface area contributed by atoms with E-state index in [1.165, 1.54) is 6.26 Å². The zero-order valence-electron chi connectivity index (χ0n) is 18.9. The second kappa shape index (κ2) is 10.5. The lowest BCUT2D eigenvalue weighted by Crippen LogP contribution is -2.23. The second-order valence-electron chi connectivity index (χ2n) is 7.95. The number of hydrogen-bond acceptors (Lipinski definition) is 7. The van der Waals surface area contributed by atoms with E-state index in [0.29, 0.717) is 31.1 Å². The molecule has 0 spiro atoms. The van der Waals surface area contributed by atoms with E-state index in [9.17, 15) is 9.90 Å². The third-order valence-electron chi connectivity index (χ3n) is 5.69. The van der Waals surface area contributed by atoms with Crippen molar-refractivity contribution in [1.29, 1.82) is 0 Å². The lowest BCUT2D eigenvalue weighted by Gasteiger charge is -2.22. The first kappa shape index (κ1) is 25.5. The molecule has 1 aromatic carbocycles. The lowest BCUT2D eigenvalue weighted by atomic mass is 10.1. The van der Waals surface area contributed by atoms with Gasteiger partial charge in [0.05, 0.1) is 29.2 Å². The molecule has 9 nitrogen and oxygen atoms in total. The van der Waals surface area contributed by atoms with Crippen LogP contribution in [0.4, 0.5) is 11.4 Å². The summed E-state index contributed by atoms with van der Waals surface area (Å²) in [5.74, 6) is -0.00302. The Bertz CT molecular complexity index is 1310. The van der Waals surface area contributed by atoms with Gasteiger partial charge in [0.15, 0.2) is 5.69 Å². The molecule has 1 fully saturated rings. The molecular weight excluding hydrogens is 476 g/mol. The molecule has 0 radical (unpaired) electrons. The van der Waals surface area contributed by atoms with Crippen molar-refractivity contribution >= 4 is 54.1 Å². The Balaban J connectivity index is 0.00000162. The van der Waals surface area contributed by atoms with Gasteiger partial charge in [-0.15, -0.1) is 12.4 Å². The summed E-state index contributed by atoms with van der Waals surface area (Å²) in [6.07, 6.45) is 5.17. The molecule has 34 heavy (non-hydrogen) atoms. The summed E-state index contributed by atoms with van der Waals surface area (Å²) >= 11 is 0. The zero-order valence-corrected chi connectivity index (χ0v) is 20.7. The first-order chi connectivity index (χ1) is 15.5. The molecule has 2 N–H and O–H groups in total. The van der Waals surface area contributed by atoms with E-state index in [-0.39, 0.29) is 43.6 Å². The fourth-order valence-corrected chi connectivity index (χ4v) is 4.06. The number of pyridine rings is 1. The van der Waals surface area contributed by atoms with Crippen molar-refractivity contribution in [3.05, 3.63) is 54.3 Å². The highest BCUT2D eigenvalue weighted by atomic mass is 35.5. The van der Waals surface area contributed by atoms with Crippen LogP contribution in [0.15, 0.2) is 47.3 Å². The quantitative estimate of drug-likeness (QED) is 0.427. The highest BCUT2D eigenvalue weighted by molar-refractivity contribution is 7.59. The van der Waals surface area contributed by atoms with Gasteiger partial charge in [-0.1, -0.05) is 0 Å². The third-order valence-corrected chi connectivity index (χ3v) is 5.69. The number of aryl methyl sites for hydroxylation is 2. The first-order valence-electron chi connectivity index (χ1n) is 10.6. The number of anilines is 2. The SMILES string of the molecule is CCn1ncc2cc(N3CC[C@H](O)C3)c(NC(=O)c3coc(-c4ccnc(C)c4)n3)cc21.Cl.S. The predicted molar refractivity (Wildman–Crippen MR) is 138 cm³/mol. The Labute approximate surface area is 210 Å². The highest BCUT2D eigenvalue weighted by Gasteiger charge is 2.25. The van der Waals surface area contributed by atoms with Crippen LogP contribution >= 0.6 is 25.9 Å². The van der Waals surface area contributed by atoms with Crippen LogP contribution in [0.5, 0.6) is 0 Å². The summed E-state index contributed by atoms with van der Waals surface area (Å²) in [4.78, 5) is 23.7. The topological polar surface area (TPSA) is 109 Å². The molecule has 0 saturated carbocycles. The molecule has 0 unspecified atom stereocenters. The zero-order chi connectivity index (χ0) is 22.2. The van der Waals surface area contributed by atoms with Gasteiger partial charge in [0.2, 0.25) is 5.89 Å². The number of rotatable bonds is 5. The van der Waals surface area contributed by atoms with Crippen LogP contribution in [0, 0.1) is 6.92 Å². The number of benzene rings is 1. The number of nitrogens with one attached hydrogen (secondary N) is 1. The number of oxazole rings is 1. The molecular formula is C23H27ClN6O3S. The van der Waals surface area contributed by atoms with E-state index < -0.39 is 0 Å². The maximum absolute atomic E-state index is 13.0. The summed E-state index contributed by atoms with van der Waals surface area (Å²) in [6.45, 7) is 5.86. The number of nitrogens with zero attached hydrogens (tertiary/aromatic N) is 5. The number of β-amino-alcohol motifs (C(OH)–C–C–N with tert-alkyl or cyclic N) is 1. The highest BCUT2D eigenvalue weighted by Crippen LogP contribution is 2.34. The van der Waals surface area contributed by atoms with E-state index in [4.69, 9.17) is 4.42 Å². The normalized spacial score (nSPS) is 15.1. The van der Waals surface area contributed by atoms with Gasteiger partial charge in [-0.05, 0) is 44.5 Å². The Morgan fingerprint density at radius 3 is 2.85 bits per heavy atom. The minimum atomic E-state index is -0.380. The Hall–Kier alpha value is -3.08. The molecule has 1 saturated heterocycles. The number of amides is 1. The maximum Gasteiger partial charge on any atom is 0.277 e. The van der Waals surface area contributed by atoms with Gasteiger partial charge in [-0.2, -0.15) is 18.6 Å². The van der Waals surface area contributed by atoms with Crippen molar-refractivity contribution < 1.29 is 14.3 Å². The molecule has 4 heterocycles. The standard InChI is InChI=1S/C23H24N6O3.ClH.H2S/c1-3-29-20-10-18(21(9-16(20)11-25-29)28-7-5-17(30)12-28)26-22(31)19-13-32-23(27-19)15-4-6-24-14(2)8-15;;/h4,6,8-11,13,17,30H,3,5,7,12H2,1-2H3,(H,26,31);1H;1H2/t17-;;/m0../s1. The van der Waals surface area contributed by atoms with Crippen LogP contribution in [0.2, 0.25) is 0 Å². The number of hydrogen-bond donors (Lipinski definition) is 2. The van der Waals surface area contributed by atoms with Crippen LogP contribution < -0.4 is 10.2 Å². The van der Waals surface area contributed by atoms with Crippen LogP contribution in [0.25, 0.3) is 22.4 Å². The van der Waals surface area contributed by atoms with Gasteiger partial charge < -0.3 is 19.7 Å². The maximum atomic E-state index is 13.0. The Kier molecular flexibility index (Phi) is 7.86. The molecule has 1 aliphatic heterocycles. The van der Waals surface area contributed by atoms with Crippen molar-refractivity contribution in [3.63, 3.8) is 0 Å². The summed E-state index contributed by atoms with van der Waals surface area (Å²) in [7, 11) is 0. The fraction of sp³-hybridized carbons (Fsp3) is 0.304. The summed E-state index contributed by atoms with van der Waals surface area (Å²) in [6, 6.07) is 7.58. The lowest BCUT2D eigenvalue weighted by molar-refractivity contribution is 0.102. The second-order valence-corrected chi connectivity index (χ2v) is 7.95. The fourth-order valence-electron chi connectivity index (χ4n) is 4.06. The largest absolute Gasteiger partial charge is 0.444 e. The molecule has 11 heteroatoms. The van der Waals surface area contributed by atoms with Crippen molar-refractivity contribution in [2.24, 2.45) is 0 Å². The van der Waals surface area contributed by atoms with Gasteiger partial charge in [0.1, 0.15) is 6.26 Å². The molecule has 0 bridgehead atoms. The monoisotopic (exact) mass is 502 g/mol. The van der Waals surface area contributed by atoms with E-state index in [0.717, 1.165) is 34.4 Å². The average Bonchev–Trinajstić information content (AvgIpc) is 3.52. The number of aromatic nitrogens is 4. The number of carbonyl (C=O) groups excluding carboxylic acids is 1. The molecule has 180 valence electrons. The van der Waals surface area contributed by atoms with Gasteiger partial charge >= 0.3 is 0 Å². The molecule has 1 amide bonds. The van der Waals surface area contributed by atoms with Gasteiger partial charge in [0, 0.05) is 42.5 Å².